The highest BCUT2D eigenvalue weighted by atomic mass is 16.6. The Morgan fingerprint density at radius 1 is 1.35 bits per heavy atom. The highest BCUT2D eigenvalue weighted by Gasteiger charge is 2.30. The number of likely N-dealkylation sites (tertiary alicyclic amines) is 1. The third-order valence-corrected chi connectivity index (χ3v) is 4.56. The molecule has 0 spiro atoms. The van der Waals surface area contributed by atoms with E-state index in [0.29, 0.717) is 17.9 Å². The molecule has 1 amide bonds. The van der Waals surface area contributed by atoms with Crippen molar-refractivity contribution in [1.29, 1.82) is 5.26 Å². The SMILES string of the molecule is CC1CCC(Nc2cc(C#N)ccn2)CN1C(=O)OCc1ccccc1. The minimum absolute atomic E-state index is 0.0805. The molecule has 2 atom stereocenters. The smallest absolute Gasteiger partial charge is 0.410 e. The van der Waals surface area contributed by atoms with E-state index in [2.05, 4.69) is 16.4 Å². The molecule has 1 N–H and O–H groups in total. The second-order valence-corrected chi connectivity index (χ2v) is 6.50. The molecular formula is C20H22N4O2. The molecule has 2 heterocycles. The van der Waals surface area contributed by atoms with Gasteiger partial charge < -0.3 is 15.0 Å². The highest BCUT2D eigenvalue weighted by Crippen LogP contribution is 2.21. The summed E-state index contributed by atoms with van der Waals surface area (Å²) in [5, 5.41) is 12.3. The Morgan fingerprint density at radius 2 is 2.15 bits per heavy atom. The summed E-state index contributed by atoms with van der Waals surface area (Å²) in [5.41, 5.74) is 1.53. The fourth-order valence-electron chi connectivity index (χ4n) is 3.07. The quantitative estimate of drug-likeness (QED) is 0.912. The maximum absolute atomic E-state index is 12.5. The predicted octanol–water partition coefficient (Wildman–Crippen LogP) is 3.55. The van der Waals surface area contributed by atoms with E-state index in [1.807, 2.05) is 37.3 Å². The molecule has 26 heavy (non-hydrogen) atoms. The number of piperidine rings is 1. The molecule has 6 heteroatoms. The zero-order valence-corrected chi connectivity index (χ0v) is 14.8. The fourth-order valence-corrected chi connectivity index (χ4v) is 3.07. The molecule has 0 aliphatic carbocycles. The number of carbonyl (C=O) groups excluding carboxylic acids is 1. The van der Waals surface area contributed by atoms with Crippen molar-refractivity contribution in [3.8, 4) is 6.07 Å². The minimum atomic E-state index is -0.299. The monoisotopic (exact) mass is 350 g/mol. The number of carbonyl (C=O) groups is 1. The van der Waals surface area contributed by atoms with Gasteiger partial charge in [-0.1, -0.05) is 30.3 Å². The molecular weight excluding hydrogens is 328 g/mol. The number of aromatic nitrogens is 1. The lowest BCUT2D eigenvalue weighted by Gasteiger charge is -2.37. The van der Waals surface area contributed by atoms with Crippen LogP contribution in [0.4, 0.5) is 10.6 Å². The first-order valence-corrected chi connectivity index (χ1v) is 8.75. The van der Waals surface area contributed by atoms with Gasteiger partial charge in [-0.2, -0.15) is 5.26 Å². The van der Waals surface area contributed by atoms with Gasteiger partial charge in [0.25, 0.3) is 0 Å². The van der Waals surface area contributed by atoms with Crippen LogP contribution in [0.5, 0.6) is 0 Å². The standard InChI is InChI=1S/C20H22N4O2/c1-15-7-8-18(23-19-11-17(12-21)9-10-22-19)13-24(15)20(25)26-14-16-5-3-2-4-6-16/h2-6,9-11,15,18H,7-8,13-14H2,1H3,(H,22,23). The second-order valence-electron chi connectivity index (χ2n) is 6.50. The van der Waals surface area contributed by atoms with E-state index < -0.39 is 0 Å². The molecule has 1 aliphatic heterocycles. The molecule has 0 radical (unpaired) electrons. The molecule has 6 nitrogen and oxygen atoms in total. The van der Waals surface area contributed by atoms with E-state index in [9.17, 15) is 4.79 Å². The number of hydrogen-bond acceptors (Lipinski definition) is 5. The summed E-state index contributed by atoms with van der Waals surface area (Å²) >= 11 is 0. The van der Waals surface area contributed by atoms with E-state index in [1.54, 1.807) is 23.2 Å². The van der Waals surface area contributed by atoms with E-state index >= 15 is 0 Å². The van der Waals surface area contributed by atoms with Crippen LogP contribution in [-0.2, 0) is 11.3 Å². The van der Waals surface area contributed by atoms with Crippen molar-refractivity contribution in [2.24, 2.45) is 0 Å². The van der Waals surface area contributed by atoms with Gasteiger partial charge in [-0.15, -0.1) is 0 Å². The predicted molar refractivity (Wildman–Crippen MR) is 98.4 cm³/mol. The zero-order chi connectivity index (χ0) is 18.4. The third-order valence-electron chi connectivity index (χ3n) is 4.56. The lowest BCUT2D eigenvalue weighted by Crippen LogP contribution is -2.49. The van der Waals surface area contributed by atoms with Gasteiger partial charge in [0.1, 0.15) is 12.4 Å². The van der Waals surface area contributed by atoms with Gasteiger partial charge in [0.2, 0.25) is 0 Å². The first-order valence-electron chi connectivity index (χ1n) is 8.75. The Morgan fingerprint density at radius 3 is 2.92 bits per heavy atom. The number of pyridine rings is 1. The summed E-state index contributed by atoms with van der Waals surface area (Å²) in [4.78, 5) is 18.5. The molecule has 2 aromatic rings. The van der Waals surface area contributed by atoms with E-state index in [1.165, 1.54) is 0 Å². The number of benzene rings is 1. The highest BCUT2D eigenvalue weighted by molar-refractivity contribution is 5.68. The number of nitrogens with zero attached hydrogens (tertiary/aromatic N) is 3. The minimum Gasteiger partial charge on any atom is -0.445 e. The van der Waals surface area contributed by atoms with Crippen molar-refractivity contribution in [2.75, 3.05) is 11.9 Å². The van der Waals surface area contributed by atoms with Crippen LogP contribution in [0.15, 0.2) is 48.7 Å². The van der Waals surface area contributed by atoms with Gasteiger partial charge in [0, 0.05) is 24.8 Å². The maximum Gasteiger partial charge on any atom is 0.410 e. The van der Waals surface area contributed by atoms with Gasteiger partial charge in [-0.3, -0.25) is 0 Å². The van der Waals surface area contributed by atoms with Gasteiger partial charge in [0.15, 0.2) is 0 Å². The number of rotatable bonds is 4. The van der Waals surface area contributed by atoms with Crippen LogP contribution < -0.4 is 5.32 Å². The van der Waals surface area contributed by atoms with Gasteiger partial charge in [-0.05, 0) is 37.5 Å². The third kappa shape index (κ3) is 4.51. The van der Waals surface area contributed by atoms with Gasteiger partial charge in [0.05, 0.1) is 11.6 Å². The van der Waals surface area contributed by atoms with Crippen molar-refractivity contribution in [3.63, 3.8) is 0 Å². The van der Waals surface area contributed by atoms with E-state index in [0.717, 1.165) is 18.4 Å². The molecule has 3 rings (SSSR count). The molecule has 1 fully saturated rings. The largest absolute Gasteiger partial charge is 0.445 e. The van der Waals surface area contributed by atoms with Gasteiger partial charge >= 0.3 is 6.09 Å². The number of anilines is 1. The number of amides is 1. The first kappa shape index (κ1) is 17.7. The lowest BCUT2D eigenvalue weighted by atomic mass is 10.00. The maximum atomic E-state index is 12.5. The van der Waals surface area contributed by atoms with Crippen molar-refractivity contribution in [1.82, 2.24) is 9.88 Å². The average Bonchev–Trinajstić information content (AvgIpc) is 2.68. The van der Waals surface area contributed by atoms with Crippen LogP contribution in [0.3, 0.4) is 0 Å². The molecule has 2 unspecified atom stereocenters. The van der Waals surface area contributed by atoms with E-state index in [-0.39, 0.29) is 24.8 Å². The number of nitrogens with one attached hydrogen (secondary N) is 1. The normalized spacial score (nSPS) is 19.5. The first-order chi connectivity index (χ1) is 12.7. The Hall–Kier alpha value is -3.07. The second kappa shape index (κ2) is 8.34. The van der Waals surface area contributed by atoms with Gasteiger partial charge in [-0.25, -0.2) is 9.78 Å². The zero-order valence-electron chi connectivity index (χ0n) is 14.8. The van der Waals surface area contributed by atoms with Crippen LogP contribution >= 0.6 is 0 Å². The fraction of sp³-hybridized carbons (Fsp3) is 0.350. The van der Waals surface area contributed by atoms with E-state index in [4.69, 9.17) is 10.00 Å². The van der Waals surface area contributed by atoms with Crippen LogP contribution in [0.1, 0.15) is 30.9 Å². The summed E-state index contributed by atoms with van der Waals surface area (Å²) in [6.07, 6.45) is 3.13. The van der Waals surface area contributed by atoms with Crippen LogP contribution in [-0.4, -0.2) is 34.6 Å². The molecule has 1 saturated heterocycles. The molecule has 0 saturated carbocycles. The number of ether oxygens (including phenoxy) is 1. The Labute approximate surface area is 153 Å². The summed E-state index contributed by atoms with van der Waals surface area (Å²) < 4.78 is 5.47. The lowest BCUT2D eigenvalue weighted by molar-refractivity contribution is 0.0696. The average molecular weight is 350 g/mol. The molecule has 1 aromatic heterocycles. The molecule has 1 aliphatic rings. The van der Waals surface area contributed by atoms with Crippen molar-refractivity contribution < 1.29 is 9.53 Å². The van der Waals surface area contributed by atoms with Crippen molar-refractivity contribution in [2.45, 2.75) is 38.5 Å². The molecule has 1 aromatic carbocycles. The summed E-state index contributed by atoms with van der Waals surface area (Å²) in [6.45, 7) is 2.86. The topological polar surface area (TPSA) is 78.3 Å². The van der Waals surface area contributed by atoms with Crippen molar-refractivity contribution >= 4 is 11.9 Å². The molecule has 0 bridgehead atoms. The van der Waals surface area contributed by atoms with Crippen LogP contribution in [0.2, 0.25) is 0 Å². The summed E-state index contributed by atoms with van der Waals surface area (Å²) in [5.74, 6) is 0.654. The van der Waals surface area contributed by atoms with Crippen molar-refractivity contribution in [3.05, 3.63) is 59.8 Å². The molecule has 134 valence electrons. The number of hydrogen-bond donors (Lipinski definition) is 1. The Bertz CT molecular complexity index is 788. The van der Waals surface area contributed by atoms with Crippen LogP contribution in [0, 0.1) is 11.3 Å². The Balaban J connectivity index is 1.58. The summed E-state index contributed by atoms with van der Waals surface area (Å²) in [7, 11) is 0. The Kier molecular flexibility index (Phi) is 5.69. The number of nitriles is 1. The van der Waals surface area contributed by atoms with Crippen LogP contribution in [0.25, 0.3) is 0 Å². The summed E-state index contributed by atoms with van der Waals surface area (Å²) in [6, 6.07) is 15.4.